The Balaban J connectivity index is 1.82. The van der Waals surface area contributed by atoms with Gasteiger partial charge in [0, 0.05) is 19.5 Å². The summed E-state index contributed by atoms with van der Waals surface area (Å²) < 4.78 is 4.93. The molecule has 2 aromatic rings. The van der Waals surface area contributed by atoms with E-state index >= 15 is 0 Å². The van der Waals surface area contributed by atoms with E-state index in [-0.39, 0.29) is 0 Å². The number of hydroxylamine groups is 2. The summed E-state index contributed by atoms with van der Waals surface area (Å²) in [6.07, 6.45) is -0.727. The van der Waals surface area contributed by atoms with Gasteiger partial charge in [0.1, 0.15) is 6.10 Å². The average Bonchev–Trinajstić information content (AvgIpc) is 3.07. The van der Waals surface area contributed by atoms with E-state index in [1.54, 1.807) is 17.2 Å². The fourth-order valence-electron chi connectivity index (χ4n) is 3.03. The summed E-state index contributed by atoms with van der Waals surface area (Å²) in [4.78, 5) is 18.3. The predicted molar refractivity (Wildman–Crippen MR) is 88.7 cm³/mol. The Labute approximate surface area is 141 Å². The van der Waals surface area contributed by atoms with E-state index in [1.807, 2.05) is 48.5 Å². The van der Waals surface area contributed by atoms with Crippen LogP contribution in [0.5, 0.6) is 0 Å². The molecule has 0 spiro atoms. The molecular weight excluding hydrogens is 306 g/mol. The lowest BCUT2D eigenvalue weighted by Gasteiger charge is -2.31. The van der Waals surface area contributed by atoms with Crippen LogP contribution < -0.4 is 0 Å². The highest BCUT2D eigenvalue weighted by atomic mass is 16.7. The summed E-state index contributed by atoms with van der Waals surface area (Å²) in [5.41, 5.74) is 0.294. The topological polar surface area (TPSA) is 59.0 Å². The monoisotopic (exact) mass is 327 g/mol. The number of carbonyl (C=O) groups excluding carboxylic acids is 1. The maximum atomic E-state index is 12.4. The minimum atomic E-state index is -1.41. The first kappa shape index (κ1) is 16.6. The van der Waals surface area contributed by atoms with Crippen LogP contribution in [0, 0.1) is 0 Å². The van der Waals surface area contributed by atoms with Crippen molar-refractivity contribution in [3.8, 4) is 0 Å². The van der Waals surface area contributed by atoms with E-state index in [2.05, 4.69) is 0 Å². The van der Waals surface area contributed by atoms with Gasteiger partial charge >= 0.3 is 5.97 Å². The fraction of sp³-hybridized carbons (Fsp3) is 0.316. The van der Waals surface area contributed by atoms with Crippen LogP contribution in [-0.2, 0) is 20.9 Å². The summed E-state index contributed by atoms with van der Waals surface area (Å²) in [6.45, 7) is 1.08. The van der Waals surface area contributed by atoms with Gasteiger partial charge in [-0.05, 0) is 11.1 Å². The zero-order valence-electron chi connectivity index (χ0n) is 13.6. The minimum absolute atomic E-state index is 0.364. The second-order valence-corrected chi connectivity index (χ2v) is 5.88. The highest BCUT2D eigenvalue weighted by Gasteiger charge is 2.54. The zero-order chi connectivity index (χ0) is 17.0. The van der Waals surface area contributed by atoms with Gasteiger partial charge in [0.05, 0.1) is 7.11 Å². The largest absolute Gasteiger partial charge is 0.467 e. The quantitative estimate of drug-likeness (QED) is 0.855. The van der Waals surface area contributed by atoms with Gasteiger partial charge in [-0.25, -0.2) is 4.79 Å². The standard InChI is InChI=1S/C19H21NO4/c1-23-18(22)19(17(21)16-10-6-3-7-11-16)12-13-20(24-19)14-15-8-4-2-5-9-15/h2-11,17,21H,12-14H2,1H3/t17-,19-/m1/s1. The van der Waals surface area contributed by atoms with Crippen LogP contribution in [0.3, 0.4) is 0 Å². The number of benzene rings is 2. The van der Waals surface area contributed by atoms with Crippen molar-refractivity contribution in [2.24, 2.45) is 0 Å². The van der Waals surface area contributed by atoms with E-state index < -0.39 is 17.7 Å². The molecule has 1 aliphatic heterocycles. The number of ether oxygens (including phenoxy) is 1. The second-order valence-electron chi connectivity index (χ2n) is 5.88. The molecule has 0 unspecified atom stereocenters. The first-order valence-corrected chi connectivity index (χ1v) is 7.95. The van der Waals surface area contributed by atoms with Crippen LogP contribution in [-0.4, -0.2) is 35.4 Å². The molecule has 126 valence electrons. The molecule has 2 aromatic carbocycles. The molecule has 1 heterocycles. The highest BCUT2D eigenvalue weighted by Crippen LogP contribution is 2.39. The normalized spacial score (nSPS) is 22.2. The fourth-order valence-corrected chi connectivity index (χ4v) is 3.03. The summed E-state index contributed by atoms with van der Waals surface area (Å²) in [5, 5.41) is 12.5. The van der Waals surface area contributed by atoms with Crippen molar-refractivity contribution in [3.05, 3.63) is 71.8 Å². The number of aliphatic hydroxyl groups is 1. The van der Waals surface area contributed by atoms with Crippen LogP contribution in [0.2, 0.25) is 0 Å². The predicted octanol–water partition coefficient (Wildman–Crippen LogP) is 2.47. The van der Waals surface area contributed by atoms with Crippen LogP contribution in [0.25, 0.3) is 0 Å². The second kappa shape index (κ2) is 7.13. The van der Waals surface area contributed by atoms with Crippen LogP contribution in [0.1, 0.15) is 23.7 Å². The van der Waals surface area contributed by atoms with Crippen molar-refractivity contribution < 1.29 is 19.5 Å². The molecule has 0 saturated carbocycles. The molecule has 0 aliphatic carbocycles. The van der Waals surface area contributed by atoms with E-state index in [4.69, 9.17) is 9.57 Å². The molecule has 24 heavy (non-hydrogen) atoms. The lowest BCUT2D eigenvalue weighted by molar-refractivity contribution is -0.240. The molecule has 0 bridgehead atoms. The number of carbonyl (C=O) groups is 1. The Bertz CT molecular complexity index is 676. The number of methoxy groups -OCH3 is 1. The number of esters is 1. The first-order chi connectivity index (χ1) is 11.7. The van der Waals surface area contributed by atoms with Gasteiger partial charge in [0.15, 0.2) is 0 Å². The van der Waals surface area contributed by atoms with Gasteiger partial charge in [-0.1, -0.05) is 60.7 Å². The Morgan fingerprint density at radius 3 is 2.46 bits per heavy atom. The number of rotatable bonds is 5. The average molecular weight is 327 g/mol. The minimum Gasteiger partial charge on any atom is -0.467 e. The molecule has 1 saturated heterocycles. The number of nitrogens with zero attached hydrogens (tertiary/aromatic N) is 1. The third-order valence-corrected chi connectivity index (χ3v) is 4.31. The van der Waals surface area contributed by atoms with Gasteiger partial charge in [-0.15, -0.1) is 0 Å². The molecule has 3 rings (SSSR count). The van der Waals surface area contributed by atoms with Crippen molar-refractivity contribution in [2.75, 3.05) is 13.7 Å². The van der Waals surface area contributed by atoms with Gasteiger partial charge in [-0.2, -0.15) is 5.06 Å². The summed E-state index contributed by atoms with van der Waals surface area (Å²) >= 11 is 0. The van der Waals surface area contributed by atoms with Gasteiger partial charge < -0.3 is 9.84 Å². The molecule has 1 N–H and O–H groups in total. The number of hydrogen-bond donors (Lipinski definition) is 1. The van der Waals surface area contributed by atoms with Crippen molar-refractivity contribution in [3.63, 3.8) is 0 Å². The van der Waals surface area contributed by atoms with Crippen molar-refractivity contribution in [2.45, 2.75) is 24.7 Å². The molecule has 0 aromatic heterocycles. The van der Waals surface area contributed by atoms with Gasteiger partial charge in [0.25, 0.3) is 0 Å². The lowest BCUT2D eigenvalue weighted by Crippen LogP contribution is -2.46. The van der Waals surface area contributed by atoms with Crippen molar-refractivity contribution in [1.29, 1.82) is 0 Å². The van der Waals surface area contributed by atoms with Crippen LogP contribution in [0.15, 0.2) is 60.7 Å². The number of aliphatic hydroxyl groups excluding tert-OH is 1. The summed E-state index contributed by atoms with van der Waals surface area (Å²) in [5.74, 6) is -0.561. The summed E-state index contributed by atoms with van der Waals surface area (Å²) in [6, 6.07) is 18.9. The first-order valence-electron chi connectivity index (χ1n) is 7.95. The molecule has 2 atom stereocenters. The Hall–Kier alpha value is -2.21. The van der Waals surface area contributed by atoms with Crippen LogP contribution >= 0.6 is 0 Å². The third-order valence-electron chi connectivity index (χ3n) is 4.31. The van der Waals surface area contributed by atoms with E-state index in [1.165, 1.54) is 7.11 Å². The molecule has 0 radical (unpaired) electrons. The molecule has 1 fully saturated rings. The molecule has 5 nitrogen and oxygen atoms in total. The van der Waals surface area contributed by atoms with Gasteiger partial charge in [0.2, 0.25) is 5.60 Å². The third kappa shape index (κ3) is 3.19. The lowest BCUT2D eigenvalue weighted by atomic mass is 9.88. The van der Waals surface area contributed by atoms with Gasteiger partial charge in [-0.3, -0.25) is 4.84 Å². The Morgan fingerprint density at radius 1 is 1.21 bits per heavy atom. The maximum absolute atomic E-state index is 12.4. The smallest absolute Gasteiger partial charge is 0.343 e. The molecule has 0 amide bonds. The van der Waals surface area contributed by atoms with E-state index in [0.29, 0.717) is 25.1 Å². The van der Waals surface area contributed by atoms with Crippen LogP contribution in [0.4, 0.5) is 0 Å². The molecule has 1 aliphatic rings. The SMILES string of the molecule is COC(=O)[C@]1([C@H](O)c2ccccc2)CCN(Cc2ccccc2)O1. The number of hydrogen-bond acceptors (Lipinski definition) is 5. The summed E-state index contributed by atoms with van der Waals surface area (Å²) in [7, 11) is 1.31. The molecular formula is C19H21NO4. The Kier molecular flexibility index (Phi) is 4.94. The van der Waals surface area contributed by atoms with Crippen molar-refractivity contribution >= 4 is 5.97 Å². The van der Waals surface area contributed by atoms with E-state index in [9.17, 15) is 9.90 Å². The molecule has 5 heteroatoms. The highest BCUT2D eigenvalue weighted by molar-refractivity contribution is 5.81. The zero-order valence-corrected chi connectivity index (χ0v) is 13.6. The van der Waals surface area contributed by atoms with Crippen molar-refractivity contribution in [1.82, 2.24) is 5.06 Å². The Morgan fingerprint density at radius 2 is 1.83 bits per heavy atom. The van der Waals surface area contributed by atoms with E-state index in [0.717, 1.165) is 5.56 Å². The maximum Gasteiger partial charge on any atom is 0.343 e.